The first kappa shape index (κ1) is 21.6. The summed E-state index contributed by atoms with van der Waals surface area (Å²) in [6.45, 7) is 5.92. The number of aryl methyl sites for hydroxylation is 1. The molecule has 0 radical (unpaired) electrons. The fourth-order valence-electron chi connectivity index (χ4n) is 2.47. The summed E-state index contributed by atoms with van der Waals surface area (Å²) in [5.74, 6) is 0.899. The number of hydrogen-bond donors (Lipinski definition) is 1. The molecule has 0 aliphatic rings. The number of benzene rings is 2. The number of thioether (sulfide) groups is 1. The summed E-state index contributed by atoms with van der Waals surface area (Å²) in [7, 11) is 0. The van der Waals surface area contributed by atoms with E-state index in [1.165, 1.54) is 6.07 Å². The number of hydrogen-bond acceptors (Lipinski definition) is 4. The average molecular weight is 407 g/mol. The van der Waals surface area contributed by atoms with E-state index in [1.807, 2.05) is 39.0 Å². The Labute approximate surface area is 166 Å². The first-order valence-corrected chi connectivity index (χ1v) is 9.65. The maximum atomic E-state index is 13.2. The second-order valence-electron chi connectivity index (χ2n) is 6.34. The van der Waals surface area contributed by atoms with Crippen molar-refractivity contribution in [2.45, 2.75) is 32.9 Å². The highest BCUT2D eigenvalue weighted by atomic mass is 32.2. The van der Waals surface area contributed by atoms with E-state index in [1.54, 1.807) is 12.4 Å². The second-order valence-corrected chi connectivity index (χ2v) is 7.13. The highest BCUT2D eigenvalue weighted by molar-refractivity contribution is 8.13. The van der Waals surface area contributed by atoms with Crippen molar-refractivity contribution in [2.24, 2.45) is 4.99 Å². The molecule has 0 spiro atoms. The molecule has 148 valence electrons. The van der Waals surface area contributed by atoms with Gasteiger partial charge in [0.15, 0.2) is 17.1 Å². The summed E-state index contributed by atoms with van der Waals surface area (Å²) in [5.41, 5.74) is 1.04. The normalized spacial score (nSPS) is 12.0. The van der Waals surface area contributed by atoms with Crippen molar-refractivity contribution in [3.63, 3.8) is 0 Å². The Hall–Kier alpha value is -2.66. The van der Waals surface area contributed by atoms with Crippen LogP contribution < -0.4 is 10.1 Å². The van der Waals surface area contributed by atoms with Gasteiger partial charge >= 0.3 is 6.18 Å². The summed E-state index contributed by atoms with van der Waals surface area (Å²) < 4.78 is 45.4. The van der Waals surface area contributed by atoms with Crippen LogP contribution in [0.25, 0.3) is 0 Å². The number of halogens is 3. The number of nitrogens with one attached hydrogen (secondary N) is 1. The Morgan fingerprint density at radius 2 is 1.89 bits per heavy atom. The van der Waals surface area contributed by atoms with Crippen LogP contribution in [0.4, 0.5) is 18.9 Å². The fraction of sp³-hybridized carbons (Fsp3) is 0.300. The molecule has 0 fully saturated rings. The topological polar surface area (TPSA) is 57.4 Å². The van der Waals surface area contributed by atoms with Crippen molar-refractivity contribution >= 4 is 22.6 Å². The average Bonchev–Trinajstić information content (AvgIpc) is 2.61. The van der Waals surface area contributed by atoms with Gasteiger partial charge in [-0.2, -0.15) is 18.4 Å². The number of nitriles is 1. The minimum absolute atomic E-state index is 0.0156. The molecule has 1 N–H and O–H groups in total. The van der Waals surface area contributed by atoms with Gasteiger partial charge in [0.05, 0.1) is 5.56 Å². The molecule has 0 saturated carbocycles. The van der Waals surface area contributed by atoms with E-state index in [2.05, 4.69) is 10.3 Å². The summed E-state index contributed by atoms with van der Waals surface area (Å²) in [5, 5.41) is 11.3. The summed E-state index contributed by atoms with van der Waals surface area (Å²) in [4.78, 5) is 4.16. The Morgan fingerprint density at radius 3 is 2.46 bits per heavy atom. The number of rotatable bonds is 4. The van der Waals surface area contributed by atoms with Gasteiger partial charge in [-0.15, -0.1) is 0 Å². The highest BCUT2D eigenvalue weighted by Crippen LogP contribution is 2.40. The molecule has 0 bridgehead atoms. The molecule has 2 rings (SSSR count). The maximum absolute atomic E-state index is 13.2. The number of nitrogens with zero attached hydrogens (tertiary/aromatic N) is 2. The molecule has 0 heterocycles. The molecule has 2 aromatic rings. The molecule has 0 atom stereocenters. The zero-order chi connectivity index (χ0) is 20.9. The van der Waals surface area contributed by atoms with Crippen molar-refractivity contribution in [1.82, 2.24) is 5.32 Å². The van der Waals surface area contributed by atoms with Gasteiger partial charge < -0.3 is 4.74 Å². The van der Waals surface area contributed by atoms with Crippen LogP contribution in [0, 0.1) is 18.4 Å². The van der Waals surface area contributed by atoms with Gasteiger partial charge in [0.1, 0.15) is 11.4 Å². The molecule has 4 nitrogen and oxygen atoms in total. The first-order valence-electron chi connectivity index (χ1n) is 8.43. The van der Waals surface area contributed by atoms with Crippen LogP contribution in [0.5, 0.6) is 11.5 Å². The van der Waals surface area contributed by atoms with E-state index in [-0.39, 0.29) is 22.5 Å². The van der Waals surface area contributed by atoms with Crippen LogP contribution in [0.15, 0.2) is 41.4 Å². The lowest BCUT2D eigenvalue weighted by Gasteiger charge is -2.17. The molecule has 0 saturated heterocycles. The lowest BCUT2D eigenvalue weighted by molar-refractivity contribution is -0.137. The molecule has 0 aromatic heterocycles. The predicted octanol–water partition coefficient (Wildman–Crippen LogP) is 6.35. The van der Waals surface area contributed by atoms with Crippen LogP contribution in [0.1, 0.15) is 36.5 Å². The van der Waals surface area contributed by atoms with Crippen LogP contribution in [-0.4, -0.2) is 11.4 Å². The van der Waals surface area contributed by atoms with E-state index in [0.29, 0.717) is 5.75 Å². The van der Waals surface area contributed by atoms with Gasteiger partial charge in [0.25, 0.3) is 0 Å². The van der Waals surface area contributed by atoms with Crippen LogP contribution in [0.3, 0.4) is 0 Å². The summed E-state index contributed by atoms with van der Waals surface area (Å²) in [6.07, 6.45) is -1.14. The quantitative estimate of drug-likeness (QED) is 0.278. The zero-order valence-electron chi connectivity index (χ0n) is 15.9. The number of aliphatic imine (C=N–C) groups is 1. The van der Waals surface area contributed by atoms with Gasteiger partial charge in [0, 0.05) is 0 Å². The molecular weight excluding hydrogens is 387 g/mol. The third kappa shape index (κ3) is 5.42. The first-order chi connectivity index (χ1) is 13.2. The van der Waals surface area contributed by atoms with Crippen LogP contribution >= 0.6 is 11.8 Å². The van der Waals surface area contributed by atoms with Crippen molar-refractivity contribution < 1.29 is 17.9 Å². The number of ether oxygens (including phenoxy) is 1. The van der Waals surface area contributed by atoms with Gasteiger partial charge in [-0.05, 0) is 54.5 Å². The van der Waals surface area contributed by atoms with Crippen LogP contribution in [-0.2, 0) is 6.18 Å². The third-order valence-corrected chi connectivity index (χ3v) is 4.46. The molecule has 0 aliphatic carbocycles. The molecule has 28 heavy (non-hydrogen) atoms. The third-order valence-electron chi connectivity index (χ3n) is 3.88. The Morgan fingerprint density at radius 1 is 1.18 bits per heavy atom. The second kappa shape index (κ2) is 9.02. The summed E-state index contributed by atoms with van der Waals surface area (Å²) >= 11 is 1.11. The van der Waals surface area contributed by atoms with Crippen molar-refractivity contribution in [3.05, 3.63) is 53.1 Å². The highest BCUT2D eigenvalue weighted by Gasteiger charge is 2.31. The molecule has 8 heteroatoms. The molecule has 0 aliphatic heterocycles. The monoisotopic (exact) mass is 407 g/mol. The molecule has 0 unspecified atom stereocenters. The maximum Gasteiger partial charge on any atom is 0.416 e. The Balaban J connectivity index is 2.58. The van der Waals surface area contributed by atoms with E-state index >= 15 is 0 Å². The Kier molecular flexibility index (Phi) is 6.97. The van der Waals surface area contributed by atoms with Crippen LogP contribution in [0.2, 0.25) is 0 Å². The van der Waals surface area contributed by atoms with Gasteiger partial charge in [0.2, 0.25) is 0 Å². The zero-order valence-corrected chi connectivity index (χ0v) is 16.7. The van der Waals surface area contributed by atoms with E-state index < -0.39 is 11.7 Å². The van der Waals surface area contributed by atoms with E-state index in [9.17, 15) is 13.2 Å². The lowest BCUT2D eigenvalue weighted by Crippen LogP contribution is -2.12. The molecule has 0 amide bonds. The number of alkyl halides is 3. The molecule has 2 aromatic carbocycles. The van der Waals surface area contributed by atoms with Gasteiger partial charge in [-0.3, -0.25) is 5.32 Å². The van der Waals surface area contributed by atoms with Crippen molar-refractivity contribution in [3.8, 4) is 17.7 Å². The van der Waals surface area contributed by atoms with E-state index in [4.69, 9.17) is 10.00 Å². The van der Waals surface area contributed by atoms with Crippen molar-refractivity contribution in [1.29, 1.82) is 5.26 Å². The minimum Gasteiger partial charge on any atom is -0.455 e. The van der Waals surface area contributed by atoms with E-state index in [0.717, 1.165) is 35.0 Å². The predicted molar refractivity (Wildman–Crippen MR) is 106 cm³/mol. The van der Waals surface area contributed by atoms with Gasteiger partial charge in [-0.1, -0.05) is 37.7 Å². The largest absolute Gasteiger partial charge is 0.455 e. The standard InChI is InChI=1S/C20H20F3N3OS/c1-12(2)15-7-5-13(3)9-18(15)27-17-8-6-14(20(21,22)23)10-16(17)26-19(28-4)25-11-24/h5-10,12H,1-4H3,(H,25,26). The fourth-order valence-corrected chi connectivity index (χ4v) is 2.81. The van der Waals surface area contributed by atoms with Gasteiger partial charge in [-0.25, -0.2) is 4.99 Å². The summed E-state index contributed by atoms with van der Waals surface area (Å²) in [6, 6.07) is 8.84. The SMILES string of the molecule is CSC(=Nc1cc(C(F)(F)F)ccc1Oc1cc(C)ccc1C(C)C)NC#N. The van der Waals surface area contributed by atoms with Crippen molar-refractivity contribution in [2.75, 3.05) is 6.26 Å². The number of amidine groups is 1. The Bertz CT molecular complexity index is 918. The lowest BCUT2D eigenvalue weighted by atomic mass is 10.0. The smallest absolute Gasteiger partial charge is 0.416 e. The molecular formula is C20H20F3N3OS. The minimum atomic E-state index is -4.52.